The van der Waals surface area contributed by atoms with Gasteiger partial charge in [-0.3, -0.25) is 0 Å². The normalized spacial score (nSPS) is 11.0. The third kappa shape index (κ3) is 2.18. The zero-order valence-corrected chi connectivity index (χ0v) is 9.33. The first-order valence-corrected chi connectivity index (χ1v) is 4.94. The van der Waals surface area contributed by atoms with Crippen LogP contribution < -0.4 is 5.73 Å². The number of hydrogen-bond acceptors (Lipinski definition) is 3. The highest BCUT2D eigenvalue weighted by Gasteiger charge is 2.19. The van der Waals surface area contributed by atoms with Crippen molar-refractivity contribution >= 4 is 22.6 Å². The minimum atomic E-state index is -2.63. The molecule has 0 fully saturated rings. The summed E-state index contributed by atoms with van der Waals surface area (Å²) in [5.41, 5.74) is 5.62. The maximum Gasteiger partial charge on any atom is 0.264 e. The molecule has 1 aromatic heterocycles. The topological polar surface area (TPSA) is 59.1 Å². The molecule has 3 N–H and O–H groups in total. The Morgan fingerprint density at radius 3 is 2.64 bits per heavy atom. The van der Waals surface area contributed by atoms with Gasteiger partial charge in [0.15, 0.2) is 0 Å². The highest BCUT2D eigenvalue weighted by atomic mass is 127. The maximum absolute atomic E-state index is 12.6. The van der Waals surface area contributed by atoms with Crippen molar-refractivity contribution in [3.63, 3.8) is 0 Å². The Labute approximate surface area is 93.5 Å². The Hall–Kier alpha value is -0.340. The average molecular weight is 314 g/mol. The van der Waals surface area contributed by atoms with Gasteiger partial charge in [-0.25, -0.2) is 13.8 Å². The van der Waals surface area contributed by atoms with Gasteiger partial charge in [-0.15, -0.1) is 0 Å². The van der Waals surface area contributed by atoms with Crippen molar-refractivity contribution in [2.75, 3.05) is 0 Å². The summed E-state index contributed by atoms with van der Waals surface area (Å²) in [7, 11) is 0. The lowest BCUT2D eigenvalue weighted by atomic mass is 10.1. The number of pyridine rings is 1. The molecular formula is C8H9F2IN2O. The number of aliphatic hydroxyl groups excluding tert-OH is 1. The van der Waals surface area contributed by atoms with E-state index in [1.54, 1.807) is 0 Å². The Bertz CT molecular complexity index is 333. The molecule has 0 radical (unpaired) electrons. The second-order valence-electron chi connectivity index (χ2n) is 2.63. The molecule has 3 nitrogen and oxygen atoms in total. The van der Waals surface area contributed by atoms with Crippen molar-refractivity contribution in [2.24, 2.45) is 5.73 Å². The molecule has 0 unspecified atom stereocenters. The summed E-state index contributed by atoms with van der Waals surface area (Å²) in [4.78, 5) is 3.88. The fourth-order valence-corrected chi connectivity index (χ4v) is 1.83. The van der Waals surface area contributed by atoms with E-state index in [9.17, 15) is 8.78 Å². The fraction of sp³-hybridized carbons (Fsp3) is 0.375. The van der Waals surface area contributed by atoms with Gasteiger partial charge in [-0.2, -0.15) is 0 Å². The molecule has 0 saturated heterocycles. The number of alkyl halides is 2. The molecule has 0 aliphatic heterocycles. The minimum Gasteiger partial charge on any atom is -0.392 e. The van der Waals surface area contributed by atoms with Gasteiger partial charge in [0, 0.05) is 29.4 Å². The number of aliphatic hydroxyl groups is 1. The summed E-state index contributed by atoms with van der Waals surface area (Å²) in [6.45, 7) is -0.449. The van der Waals surface area contributed by atoms with Gasteiger partial charge in [0.25, 0.3) is 6.43 Å². The lowest BCUT2D eigenvalue weighted by molar-refractivity contribution is 0.145. The van der Waals surface area contributed by atoms with Gasteiger partial charge in [-0.05, 0) is 22.6 Å². The van der Waals surface area contributed by atoms with Crippen LogP contribution in [0.4, 0.5) is 8.78 Å². The van der Waals surface area contributed by atoms with E-state index >= 15 is 0 Å². The number of nitrogens with two attached hydrogens (primary N) is 1. The number of nitrogens with zero attached hydrogens (tertiary/aromatic N) is 1. The van der Waals surface area contributed by atoms with Crippen LogP contribution in [0.2, 0.25) is 0 Å². The van der Waals surface area contributed by atoms with E-state index in [-0.39, 0.29) is 17.7 Å². The van der Waals surface area contributed by atoms with Crippen LogP contribution in [-0.2, 0) is 13.2 Å². The van der Waals surface area contributed by atoms with E-state index in [1.165, 1.54) is 6.20 Å². The van der Waals surface area contributed by atoms with Crippen molar-refractivity contribution in [1.82, 2.24) is 4.98 Å². The van der Waals surface area contributed by atoms with Gasteiger partial charge in [0.05, 0.1) is 6.61 Å². The molecule has 0 spiro atoms. The van der Waals surface area contributed by atoms with Crippen molar-refractivity contribution in [3.8, 4) is 0 Å². The Balaban J connectivity index is 3.36. The zero-order chi connectivity index (χ0) is 10.7. The van der Waals surface area contributed by atoms with Crippen LogP contribution >= 0.6 is 22.6 Å². The van der Waals surface area contributed by atoms with Crippen LogP contribution in [0.5, 0.6) is 0 Å². The van der Waals surface area contributed by atoms with Gasteiger partial charge in [-0.1, -0.05) is 0 Å². The third-order valence-corrected chi connectivity index (χ3v) is 2.78. The quantitative estimate of drug-likeness (QED) is 0.658. The first kappa shape index (κ1) is 11.7. The monoisotopic (exact) mass is 314 g/mol. The van der Waals surface area contributed by atoms with Gasteiger partial charge in [0.1, 0.15) is 3.70 Å². The first-order chi connectivity index (χ1) is 6.61. The first-order valence-electron chi connectivity index (χ1n) is 3.87. The molecule has 78 valence electrons. The van der Waals surface area contributed by atoms with E-state index in [0.29, 0.717) is 9.26 Å². The van der Waals surface area contributed by atoms with Crippen molar-refractivity contribution in [1.29, 1.82) is 0 Å². The van der Waals surface area contributed by atoms with E-state index in [2.05, 4.69) is 4.98 Å². The summed E-state index contributed by atoms with van der Waals surface area (Å²) >= 11 is 1.85. The highest BCUT2D eigenvalue weighted by Crippen LogP contribution is 2.28. The van der Waals surface area contributed by atoms with Gasteiger partial charge in [0.2, 0.25) is 0 Å². The molecule has 1 heterocycles. The van der Waals surface area contributed by atoms with Crippen LogP contribution in [0.25, 0.3) is 0 Å². The molecule has 6 heteroatoms. The summed E-state index contributed by atoms with van der Waals surface area (Å²) < 4.78 is 25.7. The van der Waals surface area contributed by atoms with Crippen LogP contribution in [0.15, 0.2) is 6.20 Å². The van der Waals surface area contributed by atoms with Crippen molar-refractivity contribution in [3.05, 3.63) is 26.6 Å². The van der Waals surface area contributed by atoms with E-state index in [4.69, 9.17) is 10.8 Å². The molecule has 1 aromatic rings. The molecule has 0 aliphatic carbocycles. The molecule has 0 aliphatic rings. The SMILES string of the molecule is NCc1c(I)ncc(CO)c1C(F)F. The van der Waals surface area contributed by atoms with Gasteiger partial charge >= 0.3 is 0 Å². The van der Waals surface area contributed by atoms with Crippen LogP contribution in [0.1, 0.15) is 23.1 Å². The predicted molar refractivity (Wildman–Crippen MR) is 55.7 cm³/mol. The van der Waals surface area contributed by atoms with Crippen LogP contribution in [-0.4, -0.2) is 10.1 Å². The third-order valence-electron chi connectivity index (χ3n) is 1.85. The molecule has 1 rings (SSSR count). The fourth-order valence-electron chi connectivity index (χ4n) is 1.18. The minimum absolute atomic E-state index is 0.00120. The zero-order valence-electron chi connectivity index (χ0n) is 7.17. The number of aromatic nitrogens is 1. The molecular weight excluding hydrogens is 305 g/mol. The average Bonchev–Trinajstić information content (AvgIpc) is 2.17. The predicted octanol–water partition coefficient (Wildman–Crippen LogP) is 1.57. The molecule has 0 atom stereocenters. The van der Waals surface area contributed by atoms with Crippen LogP contribution in [0, 0.1) is 3.70 Å². The Morgan fingerprint density at radius 2 is 2.21 bits per heavy atom. The molecule has 0 aromatic carbocycles. The lowest BCUT2D eigenvalue weighted by Crippen LogP contribution is -2.09. The molecule has 0 saturated carbocycles. The standard InChI is InChI=1S/C8H9F2IN2O/c9-7(10)6-4(3-14)2-13-8(11)5(6)1-12/h2,7,14H,1,3,12H2. The summed E-state index contributed by atoms with van der Waals surface area (Å²) in [5.74, 6) is 0. The largest absolute Gasteiger partial charge is 0.392 e. The second kappa shape index (κ2) is 4.94. The Kier molecular flexibility index (Phi) is 4.14. The molecule has 14 heavy (non-hydrogen) atoms. The molecule has 0 bridgehead atoms. The van der Waals surface area contributed by atoms with E-state index < -0.39 is 13.0 Å². The second-order valence-corrected chi connectivity index (χ2v) is 3.65. The smallest absolute Gasteiger partial charge is 0.264 e. The van der Waals surface area contributed by atoms with Gasteiger partial charge < -0.3 is 10.8 Å². The molecule has 0 amide bonds. The lowest BCUT2D eigenvalue weighted by Gasteiger charge is -2.12. The van der Waals surface area contributed by atoms with Crippen molar-refractivity contribution in [2.45, 2.75) is 19.6 Å². The summed E-state index contributed by atoms with van der Waals surface area (Å²) in [6, 6.07) is 0. The highest BCUT2D eigenvalue weighted by molar-refractivity contribution is 14.1. The number of halogens is 3. The maximum atomic E-state index is 12.6. The number of hydrogen-bond donors (Lipinski definition) is 2. The van der Waals surface area contributed by atoms with Crippen molar-refractivity contribution < 1.29 is 13.9 Å². The van der Waals surface area contributed by atoms with E-state index in [0.717, 1.165) is 0 Å². The van der Waals surface area contributed by atoms with Crippen LogP contribution in [0.3, 0.4) is 0 Å². The summed E-state index contributed by atoms with van der Waals surface area (Å²) in [6.07, 6.45) is -1.38. The van der Waals surface area contributed by atoms with E-state index in [1.807, 2.05) is 22.6 Å². The summed E-state index contributed by atoms with van der Waals surface area (Å²) in [5, 5.41) is 8.86. The number of rotatable bonds is 3. The Morgan fingerprint density at radius 1 is 1.57 bits per heavy atom.